The maximum Gasteiger partial charge on any atom is 0.193 e. The van der Waals surface area contributed by atoms with Crippen LogP contribution in [0.1, 0.15) is 70.6 Å². The molecule has 316 valence electrons. The number of rotatable bonds is 18. The number of likely N-dealkylation sites (tertiary alicyclic amines) is 1. The fraction of sp³-hybridized carbons (Fsp3) is 0.412. The highest BCUT2D eigenvalue weighted by Gasteiger charge is 2.12. The van der Waals surface area contributed by atoms with Gasteiger partial charge >= 0.3 is 0 Å². The van der Waals surface area contributed by atoms with Crippen molar-refractivity contribution in [2.24, 2.45) is 0 Å². The van der Waals surface area contributed by atoms with Crippen molar-refractivity contribution in [2.45, 2.75) is 70.6 Å². The van der Waals surface area contributed by atoms with E-state index >= 15 is 0 Å². The fourth-order valence-electron chi connectivity index (χ4n) is 7.91. The van der Waals surface area contributed by atoms with Crippen LogP contribution in [0.4, 0.5) is 0 Å². The van der Waals surface area contributed by atoms with E-state index in [4.69, 9.17) is 23.0 Å². The Hall–Kier alpha value is -5.22. The zero-order valence-electron chi connectivity index (χ0n) is 35.0. The van der Waals surface area contributed by atoms with E-state index in [0.29, 0.717) is 46.7 Å². The second-order valence-electron chi connectivity index (χ2n) is 15.9. The maximum absolute atomic E-state index is 12.6. The molecule has 0 amide bonds. The highest BCUT2D eigenvalue weighted by molar-refractivity contribution is 5.81. The zero-order chi connectivity index (χ0) is 41.2. The number of hydrogen-bond acceptors (Lipinski definition) is 9. The van der Waals surface area contributed by atoms with Gasteiger partial charge in [0, 0.05) is 36.3 Å². The summed E-state index contributed by atoms with van der Waals surface area (Å²) in [6.45, 7) is 10.2. The Morgan fingerprint density at radius 1 is 0.467 bits per heavy atom. The third kappa shape index (κ3) is 12.9. The molecule has 2 aliphatic heterocycles. The molecule has 2 fully saturated rings. The van der Waals surface area contributed by atoms with Crippen molar-refractivity contribution in [3.05, 3.63) is 130 Å². The number of nitrogens with zero attached hydrogens (tertiary/aromatic N) is 2. The second kappa shape index (κ2) is 23.0. The van der Waals surface area contributed by atoms with Gasteiger partial charge in [-0.1, -0.05) is 92.8 Å². The Labute approximate surface area is 353 Å². The van der Waals surface area contributed by atoms with Gasteiger partial charge in [-0.3, -0.25) is 14.5 Å². The highest BCUT2D eigenvalue weighted by atomic mass is 16.5. The van der Waals surface area contributed by atoms with Crippen LogP contribution < -0.4 is 20.3 Å². The summed E-state index contributed by atoms with van der Waals surface area (Å²) in [5, 5.41) is 1.12. The minimum absolute atomic E-state index is 0.0433. The van der Waals surface area contributed by atoms with Crippen molar-refractivity contribution in [2.75, 3.05) is 65.7 Å². The third-order valence-electron chi connectivity index (χ3n) is 11.3. The lowest BCUT2D eigenvalue weighted by Gasteiger charge is -2.26. The molecule has 0 saturated carbocycles. The summed E-state index contributed by atoms with van der Waals surface area (Å²) < 4.78 is 29.0. The third-order valence-corrected chi connectivity index (χ3v) is 11.3. The fourth-order valence-corrected chi connectivity index (χ4v) is 7.91. The Kier molecular flexibility index (Phi) is 16.4. The number of unbranched alkanes of at least 4 members (excludes halogenated alkanes) is 6. The van der Waals surface area contributed by atoms with E-state index in [-0.39, 0.29) is 10.9 Å². The molecule has 60 heavy (non-hydrogen) atoms. The molecule has 2 saturated heterocycles. The number of ether oxygens (including phenoxy) is 3. The maximum atomic E-state index is 12.6. The topological polar surface area (TPSA) is 94.6 Å². The molecule has 4 heterocycles. The predicted octanol–water partition coefficient (Wildman–Crippen LogP) is 10.6. The van der Waals surface area contributed by atoms with Crippen LogP contribution in [0.2, 0.25) is 0 Å². The summed E-state index contributed by atoms with van der Waals surface area (Å²) in [5.41, 5.74) is 2.87. The van der Waals surface area contributed by atoms with Gasteiger partial charge < -0.3 is 27.9 Å². The van der Waals surface area contributed by atoms with Crippen LogP contribution in [0.3, 0.4) is 0 Å². The van der Waals surface area contributed by atoms with E-state index < -0.39 is 0 Å². The molecule has 2 aliphatic rings. The van der Waals surface area contributed by atoms with Crippen LogP contribution in [0.5, 0.6) is 11.5 Å². The smallest absolute Gasteiger partial charge is 0.193 e. The number of hydrogen-bond donors (Lipinski definition) is 0. The van der Waals surface area contributed by atoms with Crippen LogP contribution in [0, 0.1) is 0 Å². The summed E-state index contributed by atoms with van der Waals surface area (Å²) in [7, 11) is 0. The van der Waals surface area contributed by atoms with Crippen LogP contribution in [-0.2, 0) is 4.74 Å². The summed E-state index contributed by atoms with van der Waals surface area (Å²) >= 11 is 0. The summed E-state index contributed by atoms with van der Waals surface area (Å²) in [6, 6.07) is 33.5. The minimum Gasteiger partial charge on any atom is -0.494 e. The van der Waals surface area contributed by atoms with Gasteiger partial charge in [-0.05, 0) is 101 Å². The molecule has 0 N–H and O–H groups in total. The average molecular weight is 813 g/mol. The number of benzene rings is 4. The molecular formula is C51H60N2O7. The first-order chi connectivity index (χ1) is 29.6. The predicted molar refractivity (Wildman–Crippen MR) is 241 cm³/mol. The molecule has 0 unspecified atom stereocenters. The van der Waals surface area contributed by atoms with Crippen LogP contribution in [0.15, 0.2) is 128 Å². The van der Waals surface area contributed by atoms with Crippen molar-refractivity contribution < 1.29 is 23.0 Å². The first-order valence-electron chi connectivity index (χ1n) is 22.1. The van der Waals surface area contributed by atoms with Gasteiger partial charge in [0.1, 0.15) is 34.2 Å². The molecule has 9 nitrogen and oxygen atoms in total. The van der Waals surface area contributed by atoms with Gasteiger partial charge in [0.25, 0.3) is 0 Å². The SMILES string of the molecule is O=c1cc(-c2ccccc2)oc2ccc(OCCCCCCN3CCCCC3)cc12.O=c1cc(-c2ccccc2)oc2ccc(OCCCCCCN3CCOCC3)cc12. The average Bonchev–Trinajstić information content (AvgIpc) is 3.30. The molecule has 8 rings (SSSR count). The van der Waals surface area contributed by atoms with Gasteiger partial charge in [0.05, 0.1) is 37.2 Å². The molecule has 0 bridgehead atoms. The second-order valence-corrected chi connectivity index (χ2v) is 15.9. The number of morpholine rings is 1. The van der Waals surface area contributed by atoms with E-state index in [1.54, 1.807) is 24.3 Å². The lowest BCUT2D eigenvalue weighted by molar-refractivity contribution is 0.0371. The lowest BCUT2D eigenvalue weighted by atomic mass is 10.1. The van der Waals surface area contributed by atoms with E-state index in [1.165, 1.54) is 71.0 Å². The van der Waals surface area contributed by atoms with Crippen molar-refractivity contribution in [3.8, 4) is 34.1 Å². The molecule has 6 aromatic rings. The van der Waals surface area contributed by atoms with Crippen LogP contribution in [-0.4, -0.2) is 75.5 Å². The van der Waals surface area contributed by atoms with Crippen molar-refractivity contribution in [1.29, 1.82) is 0 Å². The standard InChI is InChI=1S/C26H31NO3.C25H29NO4/c28-24-20-26(21-11-5-3-6-12-21)30-25-14-13-22(19-23(24)25)29-18-10-2-1-7-15-27-16-8-4-9-17-27;27-23-19-25(20-8-4-3-5-9-20)30-24-11-10-21(18-22(23)24)29-15-7-2-1-6-12-26-13-16-28-17-14-26/h3,5-6,11-14,19-20H,1-2,4,7-10,15-18H2;3-5,8-11,18-19H,1-2,6-7,12-17H2. The summed E-state index contributed by atoms with van der Waals surface area (Å²) in [5.74, 6) is 2.62. The quantitative estimate of drug-likeness (QED) is 0.0786. The molecule has 0 aliphatic carbocycles. The van der Waals surface area contributed by atoms with E-state index in [0.717, 1.165) is 74.7 Å². The molecular weight excluding hydrogens is 753 g/mol. The number of piperidine rings is 1. The molecule has 4 aromatic carbocycles. The highest BCUT2D eigenvalue weighted by Crippen LogP contribution is 2.26. The van der Waals surface area contributed by atoms with Gasteiger partial charge in [-0.2, -0.15) is 0 Å². The lowest BCUT2D eigenvalue weighted by Crippen LogP contribution is -2.36. The van der Waals surface area contributed by atoms with E-state index in [9.17, 15) is 9.59 Å². The molecule has 0 spiro atoms. The Balaban J connectivity index is 0.000000181. The minimum atomic E-state index is -0.0522. The van der Waals surface area contributed by atoms with Gasteiger partial charge in [0.15, 0.2) is 10.9 Å². The van der Waals surface area contributed by atoms with Crippen molar-refractivity contribution >= 4 is 21.9 Å². The Bertz CT molecular complexity index is 2150. The van der Waals surface area contributed by atoms with Gasteiger partial charge in [0.2, 0.25) is 0 Å². The summed E-state index contributed by atoms with van der Waals surface area (Å²) in [4.78, 5) is 30.2. The van der Waals surface area contributed by atoms with E-state index in [2.05, 4.69) is 9.80 Å². The number of fused-ring (bicyclic) bond motifs is 2. The monoisotopic (exact) mass is 812 g/mol. The molecule has 0 radical (unpaired) electrons. The zero-order valence-corrected chi connectivity index (χ0v) is 35.0. The van der Waals surface area contributed by atoms with Crippen LogP contribution in [0.25, 0.3) is 44.6 Å². The Morgan fingerprint density at radius 3 is 1.40 bits per heavy atom. The molecule has 2 aromatic heterocycles. The molecule has 9 heteroatoms. The summed E-state index contributed by atoms with van der Waals surface area (Å²) in [6.07, 6.45) is 13.5. The van der Waals surface area contributed by atoms with Crippen molar-refractivity contribution in [3.63, 3.8) is 0 Å². The normalized spacial score (nSPS) is 14.8. The first-order valence-corrected chi connectivity index (χ1v) is 22.1. The van der Waals surface area contributed by atoms with Crippen LogP contribution >= 0.6 is 0 Å². The molecule has 0 atom stereocenters. The first kappa shape index (κ1) is 42.9. The Morgan fingerprint density at radius 2 is 0.917 bits per heavy atom. The largest absolute Gasteiger partial charge is 0.494 e. The van der Waals surface area contributed by atoms with Crippen molar-refractivity contribution in [1.82, 2.24) is 9.80 Å². The van der Waals surface area contributed by atoms with Gasteiger partial charge in [-0.25, -0.2) is 0 Å². The van der Waals surface area contributed by atoms with Gasteiger partial charge in [-0.15, -0.1) is 0 Å². The van der Waals surface area contributed by atoms with E-state index in [1.807, 2.05) is 84.9 Å².